The number of hydrogen-bond donors (Lipinski definition) is 0. The molecule has 1 unspecified atom stereocenters. The summed E-state index contributed by atoms with van der Waals surface area (Å²) in [6.45, 7) is 0. The van der Waals surface area contributed by atoms with Gasteiger partial charge in [-0.2, -0.15) is 83.4 Å². The predicted octanol–water partition coefficient (Wildman–Crippen LogP) is 7.07. The van der Waals surface area contributed by atoms with Crippen LogP contribution in [0.5, 0.6) is 0 Å². The number of alkyl halides is 20. The molecule has 0 saturated heterocycles. The monoisotopic (exact) mass is 500 g/mol. The zero-order valence-corrected chi connectivity index (χ0v) is 12.6. The molecule has 30 heavy (non-hydrogen) atoms. The van der Waals surface area contributed by atoms with Crippen molar-refractivity contribution in [3.8, 4) is 0 Å². The first-order valence-electron chi connectivity index (χ1n) is 6.03. The lowest BCUT2D eigenvalue weighted by Crippen LogP contribution is -2.66. The van der Waals surface area contributed by atoms with E-state index in [1.165, 1.54) is 0 Å². The van der Waals surface area contributed by atoms with Crippen LogP contribution in [-0.2, 0) is 0 Å². The molecule has 1 atom stereocenters. The molecular formula is C10F20. The zero-order valence-electron chi connectivity index (χ0n) is 12.6. The smallest absolute Gasteiger partial charge is 0.221 e. The lowest BCUT2D eigenvalue weighted by Gasteiger charge is -2.40. The van der Waals surface area contributed by atoms with E-state index in [4.69, 9.17) is 0 Å². The molecule has 180 valence electrons. The molecule has 0 N–H and O–H groups in total. The van der Waals surface area contributed by atoms with Crippen LogP contribution in [-0.4, -0.2) is 48.4 Å². The first-order chi connectivity index (χ1) is 12.5. The Hall–Kier alpha value is -1.66. The van der Waals surface area contributed by atoms with E-state index in [9.17, 15) is 87.8 Å². The van der Waals surface area contributed by atoms with E-state index >= 15 is 0 Å². The summed E-state index contributed by atoms with van der Waals surface area (Å²) >= 11 is 0. The van der Waals surface area contributed by atoms with E-state index in [0.29, 0.717) is 0 Å². The van der Waals surface area contributed by atoms with E-state index in [1.54, 1.807) is 0 Å². The highest BCUT2D eigenvalue weighted by Gasteiger charge is 2.87. The Balaban J connectivity index is 8.19. The van der Waals surface area contributed by atoms with Crippen molar-refractivity contribution in [1.29, 1.82) is 0 Å². The molecule has 0 heterocycles. The minimum atomic E-state index is -8.78. The minimum Gasteiger partial charge on any atom is -0.221 e. The largest absolute Gasteiger partial charge is 0.458 e. The predicted molar refractivity (Wildman–Crippen MR) is 51.0 cm³/mol. The summed E-state index contributed by atoms with van der Waals surface area (Å²) in [5.74, 6) is -16.8. The fraction of sp³-hybridized carbons (Fsp3) is 0.800. The molecule has 0 aromatic rings. The first kappa shape index (κ1) is 28.3. The second kappa shape index (κ2) is 6.92. The molecule has 0 saturated carbocycles. The molecular weight excluding hydrogens is 500 g/mol. The second-order valence-corrected chi connectivity index (χ2v) is 5.05. The highest BCUT2D eigenvalue weighted by atomic mass is 19.4. The highest BCUT2D eigenvalue weighted by Crippen LogP contribution is 2.63. The molecule has 0 fully saturated rings. The highest BCUT2D eigenvalue weighted by molar-refractivity contribution is 5.41. The van der Waals surface area contributed by atoms with Gasteiger partial charge in [0.2, 0.25) is 0 Å². The van der Waals surface area contributed by atoms with Crippen LogP contribution in [0.4, 0.5) is 87.8 Å². The van der Waals surface area contributed by atoms with Crippen LogP contribution in [0.1, 0.15) is 0 Å². The van der Waals surface area contributed by atoms with Gasteiger partial charge in [-0.25, -0.2) is 4.39 Å². The number of hydrogen-bond acceptors (Lipinski definition) is 0. The Kier molecular flexibility index (Phi) is 6.54. The Bertz CT molecular complexity index is 658. The van der Waals surface area contributed by atoms with Crippen molar-refractivity contribution >= 4 is 0 Å². The summed E-state index contributed by atoms with van der Waals surface area (Å²) in [5, 5.41) is 0. The van der Waals surface area contributed by atoms with Crippen molar-refractivity contribution in [3.63, 3.8) is 0 Å². The van der Waals surface area contributed by atoms with Crippen molar-refractivity contribution in [2.24, 2.45) is 0 Å². The fourth-order valence-corrected chi connectivity index (χ4v) is 1.80. The third-order valence-electron chi connectivity index (χ3n) is 3.01. The van der Waals surface area contributed by atoms with Gasteiger partial charge in [-0.3, -0.25) is 0 Å². The third-order valence-corrected chi connectivity index (χ3v) is 3.01. The lowest BCUT2D eigenvalue weighted by molar-refractivity contribution is -0.380. The van der Waals surface area contributed by atoms with Crippen LogP contribution in [0.3, 0.4) is 0 Å². The molecule has 0 spiro atoms. The van der Waals surface area contributed by atoms with Crippen LogP contribution in [0.2, 0.25) is 0 Å². The summed E-state index contributed by atoms with van der Waals surface area (Å²) in [6, 6.07) is 0. The van der Waals surface area contributed by atoms with Gasteiger partial charge in [-0.1, -0.05) is 0 Å². The van der Waals surface area contributed by atoms with Crippen molar-refractivity contribution in [2.75, 3.05) is 0 Å². The number of rotatable bonds is 3. The van der Waals surface area contributed by atoms with Gasteiger partial charge < -0.3 is 0 Å². The van der Waals surface area contributed by atoms with Crippen LogP contribution in [0, 0.1) is 0 Å². The van der Waals surface area contributed by atoms with Crippen LogP contribution in [0.15, 0.2) is 11.1 Å². The van der Waals surface area contributed by atoms with Crippen molar-refractivity contribution in [1.82, 2.24) is 0 Å². The molecule has 0 rings (SSSR count). The molecule has 0 aliphatic rings. The van der Waals surface area contributed by atoms with Crippen LogP contribution < -0.4 is 0 Å². The molecule has 20 heteroatoms. The van der Waals surface area contributed by atoms with Crippen molar-refractivity contribution in [2.45, 2.75) is 48.4 Å². The molecule has 0 nitrogen and oxygen atoms in total. The maximum atomic E-state index is 13.9. The van der Waals surface area contributed by atoms with Crippen molar-refractivity contribution < 1.29 is 87.8 Å². The summed E-state index contributed by atoms with van der Waals surface area (Å²) in [4.78, 5) is 0. The maximum Gasteiger partial charge on any atom is 0.458 e. The average molecular weight is 500 g/mol. The van der Waals surface area contributed by atoms with E-state index in [0.717, 1.165) is 0 Å². The summed E-state index contributed by atoms with van der Waals surface area (Å²) in [6.07, 6.45) is -40.8. The maximum absolute atomic E-state index is 13.9. The van der Waals surface area contributed by atoms with Gasteiger partial charge in [0.05, 0.1) is 0 Å². The SMILES string of the molecule is FC(F)(F)C(=C(C(F)(F)F)C(F)(C(F)(F)F)C(F)(F)C(F)(F)F)C(F)(F)C(F)(F)F. The lowest BCUT2D eigenvalue weighted by atomic mass is 9.81. The topological polar surface area (TPSA) is 0 Å². The van der Waals surface area contributed by atoms with Crippen molar-refractivity contribution in [3.05, 3.63) is 11.1 Å². The average Bonchev–Trinajstić information content (AvgIpc) is 2.36. The fourth-order valence-electron chi connectivity index (χ4n) is 1.80. The summed E-state index contributed by atoms with van der Waals surface area (Å²) in [7, 11) is 0. The summed E-state index contributed by atoms with van der Waals surface area (Å²) < 4.78 is 252. The minimum absolute atomic E-state index is 6.00. The Morgan fingerprint density at radius 2 is 0.633 bits per heavy atom. The van der Waals surface area contributed by atoms with Gasteiger partial charge in [-0.15, -0.1) is 0 Å². The second-order valence-electron chi connectivity index (χ2n) is 5.05. The molecule has 0 aromatic heterocycles. The molecule has 0 aliphatic heterocycles. The van der Waals surface area contributed by atoms with E-state index in [1.807, 2.05) is 0 Å². The molecule has 0 amide bonds. The number of halogens is 20. The summed E-state index contributed by atoms with van der Waals surface area (Å²) in [5.41, 5.74) is -21.0. The standard InChI is InChI=1S/C10F20/c11-3(8(22,23)24,7(20,21)10(28,29)30)1(5(14,15)16)2(6(17,18)19)4(12,13)9(25,26)27. The van der Waals surface area contributed by atoms with Gasteiger partial charge >= 0.3 is 48.4 Å². The van der Waals surface area contributed by atoms with Gasteiger partial charge in [0, 0.05) is 0 Å². The van der Waals surface area contributed by atoms with E-state index < -0.39 is 59.5 Å². The Morgan fingerprint density at radius 3 is 0.800 bits per heavy atom. The first-order valence-corrected chi connectivity index (χ1v) is 6.03. The van der Waals surface area contributed by atoms with E-state index in [2.05, 4.69) is 0 Å². The van der Waals surface area contributed by atoms with Gasteiger partial charge in [-0.05, 0) is 0 Å². The van der Waals surface area contributed by atoms with E-state index in [-0.39, 0.29) is 0 Å². The van der Waals surface area contributed by atoms with Gasteiger partial charge in [0.15, 0.2) is 0 Å². The number of allylic oxidation sites excluding steroid dienone is 2. The molecule has 0 bridgehead atoms. The Morgan fingerprint density at radius 1 is 0.333 bits per heavy atom. The molecule has 0 aromatic carbocycles. The van der Waals surface area contributed by atoms with Gasteiger partial charge in [0.1, 0.15) is 11.1 Å². The zero-order chi connectivity index (χ0) is 25.2. The third kappa shape index (κ3) is 4.35. The molecule has 0 radical (unpaired) electrons. The molecule has 0 aliphatic carbocycles. The normalized spacial score (nSPS) is 18.8. The Labute approximate surface area is 149 Å². The quantitative estimate of drug-likeness (QED) is 0.287. The van der Waals surface area contributed by atoms with Crippen LogP contribution >= 0.6 is 0 Å². The van der Waals surface area contributed by atoms with Gasteiger partial charge in [0.25, 0.3) is 0 Å². The van der Waals surface area contributed by atoms with Crippen LogP contribution in [0.25, 0.3) is 0 Å².